The van der Waals surface area contributed by atoms with Gasteiger partial charge < -0.3 is 39.5 Å². The van der Waals surface area contributed by atoms with Crippen LogP contribution in [0.2, 0.25) is 23.2 Å². The molecule has 3 aromatic carbocycles. The van der Waals surface area contributed by atoms with E-state index < -0.39 is 20.5 Å². The van der Waals surface area contributed by atoms with Crippen molar-refractivity contribution in [3.63, 3.8) is 0 Å². The number of carbonyl (C=O) groups excluding carboxylic acids is 2. The van der Waals surface area contributed by atoms with E-state index in [2.05, 4.69) is 64.7 Å². The first-order valence-electron chi connectivity index (χ1n) is 19.7. The number of H-pyrrole nitrogens is 1. The van der Waals surface area contributed by atoms with Gasteiger partial charge in [-0.15, -0.1) is 11.3 Å². The van der Waals surface area contributed by atoms with Crippen LogP contribution in [-0.2, 0) is 20.5 Å². The molecule has 0 radical (unpaired) electrons. The number of nitrogens with zero attached hydrogens (tertiary/aromatic N) is 2. The Hall–Kier alpha value is -4.77. The summed E-state index contributed by atoms with van der Waals surface area (Å²) in [6.07, 6.45) is 0.424. The van der Waals surface area contributed by atoms with Crippen molar-refractivity contribution < 1.29 is 28.6 Å². The molecule has 1 atom stereocenters. The normalized spacial score (nSPS) is 14.6. The predicted molar refractivity (Wildman–Crippen MR) is 237 cm³/mol. The van der Waals surface area contributed by atoms with Crippen molar-refractivity contribution in [2.24, 2.45) is 0 Å². The number of phenols is 1. The Morgan fingerprint density at radius 2 is 1.81 bits per heavy atom. The summed E-state index contributed by atoms with van der Waals surface area (Å²) in [7, 11) is -0.703. The summed E-state index contributed by atoms with van der Waals surface area (Å²) in [4.78, 5) is 48.1. The molecule has 0 saturated carbocycles. The zero-order valence-corrected chi connectivity index (χ0v) is 36.9. The van der Waals surface area contributed by atoms with Crippen molar-refractivity contribution in [2.75, 3.05) is 43.9 Å². The molecule has 5 aromatic rings. The number of piperidine rings is 1. The number of anilines is 2. The Labute approximate surface area is 354 Å². The molecule has 2 aromatic heterocycles. The van der Waals surface area contributed by atoms with Crippen LogP contribution in [0.5, 0.6) is 11.5 Å². The summed E-state index contributed by atoms with van der Waals surface area (Å²) in [5.41, 5.74) is 4.84. The van der Waals surface area contributed by atoms with E-state index in [0.29, 0.717) is 78.7 Å². The summed E-state index contributed by atoms with van der Waals surface area (Å²) in [6.45, 7) is 13.7. The monoisotopic (exact) mass is 860 g/mol. The number of ether oxygens (including phenoxy) is 2. The average molecular weight is 862 g/mol. The zero-order valence-electron chi connectivity index (χ0n) is 34.3. The molecule has 5 N–H and O–H groups in total. The first kappa shape index (κ1) is 43.8. The fourth-order valence-corrected chi connectivity index (χ4v) is 9.03. The standard InChI is InChI=1S/C43H53ClN6O7SSi/c1-43(2,3)59(5,6)57-36(30-12-14-34(51)39-31(30)13-15-37(52)48-39)25-45-24-28-22-32(44)33(23-35(28)55-4)47-38(53)18-21-50-19-16-29(17-20-50)56-42(54)49-41-40(58-26-46-41)27-10-8-7-9-11-27/h7-15,22-23,26,29,36,45,51H,16-21,24-25H2,1-6H3,(H,47,53)(H,48,52)(H,49,54)/t36-/m0/s1. The topological polar surface area (TPSA) is 167 Å². The highest BCUT2D eigenvalue weighted by atomic mass is 35.5. The zero-order chi connectivity index (χ0) is 42.3. The number of aromatic nitrogens is 2. The highest BCUT2D eigenvalue weighted by Crippen LogP contribution is 2.41. The van der Waals surface area contributed by atoms with Gasteiger partial charge in [0.2, 0.25) is 11.5 Å². The molecule has 1 aliphatic heterocycles. The van der Waals surface area contributed by atoms with Crippen LogP contribution in [0.1, 0.15) is 57.3 Å². The second-order valence-corrected chi connectivity index (χ2v) is 22.2. The van der Waals surface area contributed by atoms with Gasteiger partial charge in [-0.3, -0.25) is 14.9 Å². The lowest BCUT2D eigenvalue weighted by molar-refractivity contribution is -0.116. The van der Waals surface area contributed by atoms with Gasteiger partial charge >= 0.3 is 6.09 Å². The molecule has 3 heterocycles. The van der Waals surface area contributed by atoms with Gasteiger partial charge in [0.05, 0.1) is 39.8 Å². The van der Waals surface area contributed by atoms with Crippen LogP contribution >= 0.6 is 22.9 Å². The van der Waals surface area contributed by atoms with Crippen LogP contribution in [0.25, 0.3) is 21.3 Å². The molecule has 16 heteroatoms. The molecule has 1 saturated heterocycles. The van der Waals surface area contributed by atoms with Gasteiger partial charge in [-0.05, 0) is 60.3 Å². The van der Waals surface area contributed by atoms with Gasteiger partial charge in [-0.1, -0.05) is 68.8 Å². The number of phenolic OH excluding ortho intramolecular Hbond substituents is 1. The lowest BCUT2D eigenvalue weighted by Gasteiger charge is -2.39. The number of likely N-dealkylation sites (tertiary alicyclic amines) is 1. The van der Waals surface area contributed by atoms with E-state index >= 15 is 0 Å². The van der Waals surface area contributed by atoms with E-state index in [-0.39, 0.29) is 34.8 Å². The number of hydrogen-bond donors (Lipinski definition) is 5. The van der Waals surface area contributed by atoms with Gasteiger partial charge in [0.25, 0.3) is 0 Å². The molecule has 0 aliphatic carbocycles. The van der Waals surface area contributed by atoms with E-state index in [1.807, 2.05) is 36.4 Å². The minimum Gasteiger partial charge on any atom is -0.506 e. The molecule has 13 nitrogen and oxygen atoms in total. The second kappa shape index (κ2) is 19.1. The van der Waals surface area contributed by atoms with Crippen molar-refractivity contribution in [1.29, 1.82) is 0 Å². The van der Waals surface area contributed by atoms with E-state index in [4.69, 9.17) is 25.5 Å². The summed E-state index contributed by atoms with van der Waals surface area (Å²) in [5.74, 6) is 0.856. The molecule has 0 unspecified atom stereocenters. The predicted octanol–water partition coefficient (Wildman–Crippen LogP) is 8.91. The van der Waals surface area contributed by atoms with Crippen molar-refractivity contribution in [1.82, 2.24) is 20.2 Å². The fourth-order valence-electron chi connectivity index (χ4n) is 6.77. The molecule has 0 spiro atoms. The Kier molecular flexibility index (Phi) is 14.2. The average Bonchev–Trinajstić information content (AvgIpc) is 3.66. The molecule has 1 aliphatic rings. The van der Waals surface area contributed by atoms with Crippen LogP contribution in [0.4, 0.5) is 16.3 Å². The van der Waals surface area contributed by atoms with Crippen molar-refractivity contribution in [3.8, 4) is 21.9 Å². The lowest BCUT2D eigenvalue weighted by Crippen LogP contribution is -2.43. The lowest BCUT2D eigenvalue weighted by atomic mass is 10.0. The third-order valence-corrected chi connectivity index (χ3v) is 16.7. The Bertz CT molecular complexity index is 2310. The molecular formula is C43H53ClN6O7SSi. The van der Waals surface area contributed by atoms with Gasteiger partial charge in [-0.25, -0.2) is 9.78 Å². The molecule has 1 fully saturated rings. The minimum absolute atomic E-state index is 0.00790. The van der Waals surface area contributed by atoms with Gasteiger partial charge in [0.1, 0.15) is 17.6 Å². The molecule has 6 rings (SSSR count). The number of aromatic hydroxyl groups is 1. The summed E-state index contributed by atoms with van der Waals surface area (Å²) < 4.78 is 18.4. The third-order valence-electron chi connectivity index (χ3n) is 11.1. The largest absolute Gasteiger partial charge is 0.506 e. The van der Waals surface area contributed by atoms with Gasteiger partial charge in [0.15, 0.2) is 14.1 Å². The van der Waals surface area contributed by atoms with Crippen LogP contribution in [0.3, 0.4) is 0 Å². The third kappa shape index (κ3) is 11.1. The van der Waals surface area contributed by atoms with Crippen molar-refractivity contribution >= 4 is 65.7 Å². The number of halogens is 1. The maximum absolute atomic E-state index is 13.1. The minimum atomic E-state index is -2.28. The number of benzene rings is 3. The highest BCUT2D eigenvalue weighted by molar-refractivity contribution is 7.13. The van der Waals surface area contributed by atoms with E-state index in [0.717, 1.165) is 21.6 Å². The van der Waals surface area contributed by atoms with E-state index in [9.17, 15) is 19.5 Å². The number of fused-ring (bicyclic) bond motifs is 1. The first-order chi connectivity index (χ1) is 28.1. The SMILES string of the molecule is COc1cc(NC(=O)CCN2CCC(OC(=O)Nc3ncsc3-c3ccccc3)CC2)c(Cl)cc1CNC[C@H](O[Si](C)(C)C(C)(C)C)c1ccc(O)c2[nH]c(=O)ccc12. The van der Waals surface area contributed by atoms with Gasteiger partial charge in [-0.2, -0.15) is 0 Å². The summed E-state index contributed by atoms with van der Waals surface area (Å²) in [5, 5.41) is 20.8. The van der Waals surface area contributed by atoms with Crippen LogP contribution < -0.4 is 26.2 Å². The number of aromatic amines is 1. The quantitative estimate of drug-likeness (QED) is 0.0642. The Morgan fingerprint density at radius 1 is 1.07 bits per heavy atom. The van der Waals surface area contributed by atoms with E-state index in [1.54, 1.807) is 36.9 Å². The number of pyridine rings is 1. The van der Waals surface area contributed by atoms with Crippen LogP contribution in [0, 0.1) is 0 Å². The first-order valence-corrected chi connectivity index (χ1v) is 23.9. The van der Waals surface area contributed by atoms with Crippen LogP contribution in [-0.4, -0.2) is 79.7 Å². The number of carbonyl (C=O) groups is 2. The number of rotatable bonds is 15. The number of thiazole rings is 1. The van der Waals surface area contributed by atoms with Crippen LogP contribution in [0.15, 0.2) is 77.0 Å². The smallest absolute Gasteiger partial charge is 0.413 e. The summed E-state index contributed by atoms with van der Waals surface area (Å²) >= 11 is 8.19. The number of amides is 2. The van der Waals surface area contributed by atoms with Crippen molar-refractivity contribution in [2.45, 2.75) is 76.9 Å². The van der Waals surface area contributed by atoms with E-state index in [1.165, 1.54) is 17.4 Å². The maximum Gasteiger partial charge on any atom is 0.413 e. The second-order valence-electron chi connectivity index (χ2n) is 16.2. The molecule has 0 bridgehead atoms. The number of hydrogen-bond acceptors (Lipinski definition) is 11. The number of methoxy groups -OCH3 is 1. The Balaban J connectivity index is 1.00. The maximum atomic E-state index is 13.1. The molecule has 314 valence electrons. The molecule has 59 heavy (non-hydrogen) atoms. The Morgan fingerprint density at radius 3 is 2.53 bits per heavy atom. The molecule has 2 amide bonds. The molecular weight excluding hydrogens is 808 g/mol. The number of nitrogens with one attached hydrogen (secondary N) is 4. The van der Waals surface area contributed by atoms with Gasteiger partial charge in [0, 0.05) is 62.2 Å². The fraction of sp³-hybridized carbons (Fsp3) is 0.395. The highest BCUT2D eigenvalue weighted by Gasteiger charge is 2.40. The summed E-state index contributed by atoms with van der Waals surface area (Å²) in [6, 6.07) is 19.9. The van der Waals surface area contributed by atoms with Crippen molar-refractivity contribution in [3.05, 3.63) is 98.7 Å².